The van der Waals surface area contributed by atoms with E-state index in [1.165, 1.54) is 12.1 Å². The number of hydrogen-bond acceptors (Lipinski definition) is 4. The summed E-state index contributed by atoms with van der Waals surface area (Å²) >= 11 is 0. The Morgan fingerprint density at radius 1 is 0.840 bits per heavy atom. The standard InChI is InChI=1S/C19H15N3O3/c23-19(21-16-9-5-2-6-10-16)14-11-12-17(18(13-14)22(24)25)20-15-7-3-1-4-8-15/h1-13,20H,(H,21,23). The molecule has 124 valence electrons. The molecule has 0 unspecified atom stereocenters. The fourth-order valence-electron chi connectivity index (χ4n) is 2.33. The van der Waals surface area contributed by atoms with E-state index in [-0.39, 0.29) is 11.3 Å². The molecule has 0 bridgehead atoms. The summed E-state index contributed by atoms with van der Waals surface area (Å²) in [6, 6.07) is 22.4. The van der Waals surface area contributed by atoms with E-state index in [0.717, 1.165) is 5.69 Å². The lowest BCUT2D eigenvalue weighted by Gasteiger charge is -2.09. The molecular formula is C19H15N3O3. The van der Waals surface area contributed by atoms with Crippen LogP contribution in [0.1, 0.15) is 10.4 Å². The van der Waals surface area contributed by atoms with E-state index >= 15 is 0 Å². The van der Waals surface area contributed by atoms with Gasteiger partial charge in [-0.2, -0.15) is 0 Å². The zero-order valence-electron chi connectivity index (χ0n) is 13.2. The van der Waals surface area contributed by atoms with Crippen LogP contribution in [-0.2, 0) is 0 Å². The minimum absolute atomic E-state index is 0.162. The van der Waals surface area contributed by atoms with Crippen molar-refractivity contribution < 1.29 is 9.72 Å². The largest absolute Gasteiger partial charge is 0.350 e. The highest BCUT2D eigenvalue weighted by molar-refractivity contribution is 6.05. The van der Waals surface area contributed by atoms with Gasteiger partial charge in [-0.05, 0) is 36.4 Å². The van der Waals surface area contributed by atoms with Crippen LogP contribution in [0.2, 0.25) is 0 Å². The van der Waals surface area contributed by atoms with Gasteiger partial charge < -0.3 is 10.6 Å². The predicted molar refractivity (Wildman–Crippen MR) is 97.2 cm³/mol. The molecule has 0 aromatic heterocycles. The predicted octanol–water partition coefficient (Wildman–Crippen LogP) is 4.59. The van der Waals surface area contributed by atoms with Gasteiger partial charge in [0, 0.05) is 23.0 Å². The van der Waals surface area contributed by atoms with Crippen molar-refractivity contribution in [3.8, 4) is 0 Å². The third-order valence-electron chi connectivity index (χ3n) is 3.54. The van der Waals surface area contributed by atoms with E-state index in [0.29, 0.717) is 11.4 Å². The summed E-state index contributed by atoms with van der Waals surface area (Å²) in [5, 5.41) is 17.1. The molecule has 0 heterocycles. The molecule has 3 rings (SSSR count). The van der Waals surface area contributed by atoms with Crippen molar-refractivity contribution in [1.82, 2.24) is 0 Å². The zero-order chi connectivity index (χ0) is 17.6. The van der Waals surface area contributed by atoms with Crippen molar-refractivity contribution in [1.29, 1.82) is 0 Å². The Bertz CT molecular complexity index is 896. The topological polar surface area (TPSA) is 84.3 Å². The number of nitro groups is 1. The number of nitro benzene ring substituents is 1. The van der Waals surface area contributed by atoms with E-state index in [1.54, 1.807) is 42.5 Å². The number of para-hydroxylation sites is 2. The fraction of sp³-hybridized carbons (Fsp3) is 0. The van der Waals surface area contributed by atoms with Crippen molar-refractivity contribution in [3.63, 3.8) is 0 Å². The van der Waals surface area contributed by atoms with Crippen molar-refractivity contribution in [2.45, 2.75) is 0 Å². The third-order valence-corrected chi connectivity index (χ3v) is 3.54. The van der Waals surface area contributed by atoms with Crippen LogP contribution in [0.3, 0.4) is 0 Å². The van der Waals surface area contributed by atoms with Gasteiger partial charge in [-0.25, -0.2) is 0 Å². The monoisotopic (exact) mass is 333 g/mol. The lowest BCUT2D eigenvalue weighted by Crippen LogP contribution is -2.12. The average Bonchev–Trinajstić information content (AvgIpc) is 2.63. The molecule has 3 aromatic carbocycles. The lowest BCUT2D eigenvalue weighted by molar-refractivity contribution is -0.383. The molecular weight excluding hydrogens is 318 g/mol. The average molecular weight is 333 g/mol. The van der Waals surface area contributed by atoms with Crippen LogP contribution in [0.15, 0.2) is 78.9 Å². The van der Waals surface area contributed by atoms with Gasteiger partial charge in [0.05, 0.1) is 4.92 Å². The highest BCUT2D eigenvalue weighted by Crippen LogP contribution is 2.29. The van der Waals surface area contributed by atoms with E-state index in [4.69, 9.17) is 0 Å². The van der Waals surface area contributed by atoms with Crippen LogP contribution in [-0.4, -0.2) is 10.8 Å². The molecule has 25 heavy (non-hydrogen) atoms. The summed E-state index contributed by atoms with van der Waals surface area (Å²) in [6.45, 7) is 0. The molecule has 0 saturated carbocycles. The molecule has 6 heteroatoms. The maximum absolute atomic E-state index is 12.3. The number of nitrogens with zero attached hydrogens (tertiary/aromatic N) is 1. The molecule has 0 saturated heterocycles. The molecule has 0 radical (unpaired) electrons. The van der Waals surface area contributed by atoms with Gasteiger partial charge in [-0.3, -0.25) is 14.9 Å². The SMILES string of the molecule is O=C(Nc1ccccc1)c1ccc(Nc2ccccc2)c([N+](=O)[O-])c1. The second kappa shape index (κ2) is 7.27. The number of amides is 1. The van der Waals surface area contributed by atoms with Gasteiger partial charge in [0.15, 0.2) is 0 Å². The quantitative estimate of drug-likeness (QED) is 0.528. The molecule has 0 spiro atoms. The molecule has 6 nitrogen and oxygen atoms in total. The van der Waals surface area contributed by atoms with Crippen LogP contribution >= 0.6 is 0 Å². The minimum Gasteiger partial charge on any atom is -0.350 e. The first-order chi connectivity index (χ1) is 12.1. The van der Waals surface area contributed by atoms with Gasteiger partial charge >= 0.3 is 0 Å². The number of carbonyl (C=O) groups is 1. The van der Waals surface area contributed by atoms with Crippen LogP contribution in [0, 0.1) is 10.1 Å². The van der Waals surface area contributed by atoms with Gasteiger partial charge in [0.1, 0.15) is 5.69 Å². The normalized spacial score (nSPS) is 10.1. The Labute approximate surface area is 144 Å². The van der Waals surface area contributed by atoms with Gasteiger partial charge in [-0.15, -0.1) is 0 Å². The summed E-state index contributed by atoms with van der Waals surface area (Å²) in [6.07, 6.45) is 0. The Morgan fingerprint density at radius 2 is 1.44 bits per heavy atom. The molecule has 3 aromatic rings. The number of nitrogens with one attached hydrogen (secondary N) is 2. The summed E-state index contributed by atoms with van der Waals surface area (Å²) in [7, 11) is 0. The second-order valence-electron chi connectivity index (χ2n) is 5.30. The molecule has 0 atom stereocenters. The first kappa shape index (κ1) is 16.2. The van der Waals surface area contributed by atoms with Crippen molar-refractivity contribution >= 4 is 28.7 Å². The van der Waals surface area contributed by atoms with Crippen LogP contribution in [0.5, 0.6) is 0 Å². The number of benzene rings is 3. The highest BCUT2D eigenvalue weighted by atomic mass is 16.6. The van der Waals surface area contributed by atoms with E-state index in [9.17, 15) is 14.9 Å². The molecule has 2 N–H and O–H groups in total. The van der Waals surface area contributed by atoms with Crippen molar-refractivity contribution in [3.05, 3.63) is 94.5 Å². The van der Waals surface area contributed by atoms with Crippen LogP contribution in [0.25, 0.3) is 0 Å². The number of rotatable bonds is 5. The molecule has 0 fully saturated rings. The van der Waals surface area contributed by atoms with Crippen LogP contribution < -0.4 is 10.6 Å². The molecule has 1 amide bonds. The smallest absolute Gasteiger partial charge is 0.293 e. The maximum atomic E-state index is 12.3. The van der Waals surface area contributed by atoms with Gasteiger partial charge in [0.25, 0.3) is 11.6 Å². The van der Waals surface area contributed by atoms with Crippen molar-refractivity contribution in [2.75, 3.05) is 10.6 Å². The summed E-state index contributed by atoms with van der Waals surface area (Å²) in [5.74, 6) is -0.402. The van der Waals surface area contributed by atoms with E-state index < -0.39 is 10.8 Å². The molecule has 0 aliphatic rings. The maximum Gasteiger partial charge on any atom is 0.293 e. The number of carbonyl (C=O) groups excluding carboxylic acids is 1. The fourth-order valence-corrected chi connectivity index (χ4v) is 2.33. The Balaban J connectivity index is 1.86. The zero-order valence-corrected chi connectivity index (χ0v) is 13.2. The van der Waals surface area contributed by atoms with Crippen molar-refractivity contribution in [2.24, 2.45) is 0 Å². The first-order valence-electron chi connectivity index (χ1n) is 7.60. The molecule has 0 aliphatic heterocycles. The number of hydrogen-bond donors (Lipinski definition) is 2. The second-order valence-corrected chi connectivity index (χ2v) is 5.30. The summed E-state index contributed by atoms with van der Waals surface area (Å²) in [4.78, 5) is 23.2. The Kier molecular flexibility index (Phi) is 4.71. The lowest BCUT2D eigenvalue weighted by atomic mass is 10.1. The Hall–Kier alpha value is -3.67. The summed E-state index contributed by atoms with van der Waals surface area (Å²) < 4.78 is 0. The third kappa shape index (κ3) is 4.00. The molecule has 0 aliphatic carbocycles. The first-order valence-corrected chi connectivity index (χ1v) is 7.60. The Morgan fingerprint density at radius 3 is 2.04 bits per heavy atom. The number of anilines is 3. The minimum atomic E-state index is -0.509. The summed E-state index contributed by atoms with van der Waals surface area (Å²) in [5.41, 5.74) is 1.74. The van der Waals surface area contributed by atoms with Gasteiger partial charge in [-0.1, -0.05) is 36.4 Å². The van der Waals surface area contributed by atoms with Gasteiger partial charge in [0.2, 0.25) is 0 Å². The van der Waals surface area contributed by atoms with E-state index in [2.05, 4.69) is 10.6 Å². The van der Waals surface area contributed by atoms with Crippen LogP contribution in [0.4, 0.5) is 22.7 Å². The van der Waals surface area contributed by atoms with E-state index in [1.807, 2.05) is 24.3 Å². The highest BCUT2D eigenvalue weighted by Gasteiger charge is 2.18.